The van der Waals surface area contributed by atoms with Crippen LogP contribution in [0.3, 0.4) is 0 Å². The fourth-order valence-corrected chi connectivity index (χ4v) is 1.19. The average Bonchev–Trinajstić information content (AvgIpc) is 2.20. The van der Waals surface area contributed by atoms with E-state index in [0.29, 0.717) is 12.1 Å². The van der Waals surface area contributed by atoms with Gasteiger partial charge < -0.3 is 11.1 Å². The highest BCUT2D eigenvalue weighted by atomic mass is 19.1. The first-order valence-corrected chi connectivity index (χ1v) is 4.94. The zero-order valence-electron chi connectivity index (χ0n) is 8.97. The SMILES string of the molecule is CC(CNCc1ccc(F)cc1F)C(N)=O. The van der Waals surface area contributed by atoms with Crippen LogP contribution >= 0.6 is 0 Å². The van der Waals surface area contributed by atoms with Crippen molar-refractivity contribution in [1.82, 2.24) is 5.32 Å². The van der Waals surface area contributed by atoms with Crippen molar-refractivity contribution in [2.45, 2.75) is 13.5 Å². The van der Waals surface area contributed by atoms with Gasteiger partial charge in [0.05, 0.1) is 0 Å². The average molecular weight is 228 g/mol. The van der Waals surface area contributed by atoms with Gasteiger partial charge in [-0.1, -0.05) is 13.0 Å². The highest BCUT2D eigenvalue weighted by molar-refractivity contribution is 5.76. The lowest BCUT2D eigenvalue weighted by atomic mass is 10.1. The lowest BCUT2D eigenvalue weighted by Crippen LogP contribution is -2.30. The molecule has 0 saturated carbocycles. The predicted octanol–water partition coefficient (Wildman–Crippen LogP) is 1.18. The van der Waals surface area contributed by atoms with Crippen LogP contribution in [0.15, 0.2) is 18.2 Å². The molecule has 1 atom stereocenters. The Morgan fingerprint density at radius 1 is 1.50 bits per heavy atom. The van der Waals surface area contributed by atoms with Crippen molar-refractivity contribution in [2.75, 3.05) is 6.54 Å². The minimum atomic E-state index is -0.605. The van der Waals surface area contributed by atoms with Crippen LogP contribution in [-0.4, -0.2) is 12.5 Å². The number of primary amides is 1. The van der Waals surface area contributed by atoms with E-state index >= 15 is 0 Å². The molecule has 3 N–H and O–H groups in total. The number of carbonyl (C=O) groups excluding carboxylic acids is 1. The molecule has 3 nitrogen and oxygen atoms in total. The van der Waals surface area contributed by atoms with E-state index in [-0.39, 0.29) is 12.5 Å². The van der Waals surface area contributed by atoms with Gasteiger partial charge in [0, 0.05) is 30.6 Å². The highest BCUT2D eigenvalue weighted by Crippen LogP contribution is 2.09. The Morgan fingerprint density at radius 2 is 2.19 bits per heavy atom. The lowest BCUT2D eigenvalue weighted by molar-refractivity contribution is -0.121. The quantitative estimate of drug-likeness (QED) is 0.795. The number of hydrogen-bond acceptors (Lipinski definition) is 2. The molecular weight excluding hydrogens is 214 g/mol. The molecule has 0 bridgehead atoms. The summed E-state index contributed by atoms with van der Waals surface area (Å²) in [5, 5.41) is 2.88. The maximum atomic E-state index is 13.2. The molecule has 0 radical (unpaired) electrons. The normalized spacial score (nSPS) is 12.4. The zero-order valence-corrected chi connectivity index (χ0v) is 8.97. The Bertz CT molecular complexity index is 382. The molecule has 0 fully saturated rings. The third-order valence-corrected chi connectivity index (χ3v) is 2.27. The number of halogens is 2. The monoisotopic (exact) mass is 228 g/mol. The van der Waals surface area contributed by atoms with Crippen LogP contribution in [0.2, 0.25) is 0 Å². The summed E-state index contributed by atoms with van der Waals surface area (Å²) in [6.45, 7) is 2.28. The van der Waals surface area contributed by atoms with Gasteiger partial charge in [0.15, 0.2) is 0 Å². The minimum absolute atomic E-state index is 0.240. The molecular formula is C11H14F2N2O. The maximum absolute atomic E-state index is 13.2. The van der Waals surface area contributed by atoms with E-state index in [1.807, 2.05) is 0 Å². The van der Waals surface area contributed by atoms with E-state index in [0.717, 1.165) is 6.07 Å². The molecule has 16 heavy (non-hydrogen) atoms. The van der Waals surface area contributed by atoms with Crippen LogP contribution in [0.4, 0.5) is 8.78 Å². The summed E-state index contributed by atoms with van der Waals surface area (Å²) in [6.07, 6.45) is 0. The summed E-state index contributed by atoms with van der Waals surface area (Å²) in [7, 11) is 0. The summed E-state index contributed by atoms with van der Waals surface area (Å²) >= 11 is 0. The minimum Gasteiger partial charge on any atom is -0.369 e. The fourth-order valence-electron chi connectivity index (χ4n) is 1.19. The summed E-state index contributed by atoms with van der Waals surface area (Å²) in [6, 6.07) is 3.39. The number of rotatable bonds is 5. The van der Waals surface area contributed by atoms with E-state index in [2.05, 4.69) is 5.32 Å². The van der Waals surface area contributed by atoms with Gasteiger partial charge in [-0.15, -0.1) is 0 Å². The van der Waals surface area contributed by atoms with E-state index in [1.165, 1.54) is 12.1 Å². The van der Waals surface area contributed by atoms with E-state index in [4.69, 9.17) is 5.73 Å². The van der Waals surface area contributed by atoms with Crippen molar-refractivity contribution >= 4 is 5.91 Å². The Balaban J connectivity index is 2.46. The van der Waals surface area contributed by atoms with Gasteiger partial charge in [0.1, 0.15) is 11.6 Å². The second-order valence-electron chi connectivity index (χ2n) is 3.67. The third kappa shape index (κ3) is 3.58. The first-order chi connectivity index (χ1) is 7.50. The molecule has 0 aliphatic rings. The largest absolute Gasteiger partial charge is 0.369 e. The maximum Gasteiger partial charge on any atom is 0.221 e. The second kappa shape index (κ2) is 5.55. The van der Waals surface area contributed by atoms with Gasteiger partial charge in [-0.05, 0) is 6.07 Å². The molecule has 1 aromatic carbocycles. The van der Waals surface area contributed by atoms with Gasteiger partial charge in [-0.25, -0.2) is 8.78 Å². The molecule has 0 aliphatic carbocycles. The predicted molar refractivity (Wildman–Crippen MR) is 56.4 cm³/mol. The molecule has 5 heteroatoms. The molecule has 88 valence electrons. The highest BCUT2D eigenvalue weighted by Gasteiger charge is 2.08. The second-order valence-corrected chi connectivity index (χ2v) is 3.67. The van der Waals surface area contributed by atoms with Crippen molar-refractivity contribution in [2.24, 2.45) is 11.7 Å². The third-order valence-electron chi connectivity index (χ3n) is 2.27. The van der Waals surface area contributed by atoms with Crippen LogP contribution < -0.4 is 11.1 Å². The van der Waals surface area contributed by atoms with Gasteiger partial charge in [-0.2, -0.15) is 0 Å². The van der Waals surface area contributed by atoms with Gasteiger partial charge >= 0.3 is 0 Å². The van der Waals surface area contributed by atoms with E-state index < -0.39 is 17.5 Å². The van der Waals surface area contributed by atoms with Crippen molar-refractivity contribution < 1.29 is 13.6 Å². The van der Waals surface area contributed by atoms with Crippen LogP contribution in [-0.2, 0) is 11.3 Å². The standard InChI is InChI=1S/C11H14F2N2O/c1-7(11(14)16)5-15-6-8-2-3-9(12)4-10(8)13/h2-4,7,15H,5-6H2,1H3,(H2,14,16). The first-order valence-electron chi connectivity index (χ1n) is 4.94. The first kappa shape index (κ1) is 12.6. The van der Waals surface area contributed by atoms with Gasteiger partial charge in [0.25, 0.3) is 0 Å². The molecule has 1 rings (SSSR count). The molecule has 0 saturated heterocycles. The van der Waals surface area contributed by atoms with Crippen LogP contribution in [0.25, 0.3) is 0 Å². The molecule has 0 spiro atoms. The smallest absolute Gasteiger partial charge is 0.221 e. The van der Waals surface area contributed by atoms with E-state index in [9.17, 15) is 13.6 Å². The number of nitrogens with two attached hydrogens (primary N) is 1. The van der Waals surface area contributed by atoms with Crippen molar-refractivity contribution in [3.63, 3.8) is 0 Å². The number of nitrogens with one attached hydrogen (secondary N) is 1. The summed E-state index contributed by atoms with van der Waals surface area (Å²) in [4.78, 5) is 10.7. The number of carbonyl (C=O) groups is 1. The number of hydrogen-bond donors (Lipinski definition) is 2. The summed E-state index contributed by atoms with van der Waals surface area (Å²) in [5.74, 6) is -1.93. The Kier molecular flexibility index (Phi) is 4.37. The van der Waals surface area contributed by atoms with Crippen molar-refractivity contribution in [3.05, 3.63) is 35.4 Å². The molecule has 0 heterocycles. The Morgan fingerprint density at radius 3 is 2.75 bits per heavy atom. The Labute approximate surface area is 92.6 Å². The molecule has 0 aromatic heterocycles. The van der Waals surface area contributed by atoms with Crippen LogP contribution in [0.1, 0.15) is 12.5 Å². The van der Waals surface area contributed by atoms with Gasteiger partial charge in [-0.3, -0.25) is 4.79 Å². The molecule has 1 aromatic rings. The summed E-state index contributed by atoms with van der Waals surface area (Å²) in [5.41, 5.74) is 5.42. The van der Waals surface area contributed by atoms with E-state index in [1.54, 1.807) is 6.92 Å². The summed E-state index contributed by atoms with van der Waals surface area (Å²) < 4.78 is 25.7. The van der Waals surface area contributed by atoms with Gasteiger partial charge in [0.2, 0.25) is 5.91 Å². The van der Waals surface area contributed by atoms with Crippen molar-refractivity contribution in [3.8, 4) is 0 Å². The molecule has 0 aliphatic heterocycles. The Hall–Kier alpha value is -1.49. The van der Waals surface area contributed by atoms with Crippen molar-refractivity contribution in [1.29, 1.82) is 0 Å². The molecule has 1 unspecified atom stereocenters. The van der Waals surface area contributed by atoms with Crippen LogP contribution in [0, 0.1) is 17.6 Å². The zero-order chi connectivity index (χ0) is 12.1. The molecule has 1 amide bonds. The number of benzene rings is 1. The topological polar surface area (TPSA) is 55.1 Å². The van der Waals surface area contributed by atoms with Crippen LogP contribution in [0.5, 0.6) is 0 Å². The fraction of sp³-hybridized carbons (Fsp3) is 0.364. The lowest BCUT2D eigenvalue weighted by Gasteiger charge is -2.09. The number of amides is 1.